The Morgan fingerprint density at radius 3 is 2.90 bits per heavy atom. The van der Waals surface area contributed by atoms with Gasteiger partial charge in [0.1, 0.15) is 11.8 Å². The highest BCUT2D eigenvalue weighted by Gasteiger charge is 2.31. The molecule has 0 bridgehead atoms. The summed E-state index contributed by atoms with van der Waals surface area (Å²) in [6.07, 6.45) is 3.92. The number of nitrogens with two attached hydrogens (primary N) is 1. The first-order chi connectivity index (χ1) is 9.76. The van der Waals surface area contributed by atoms with E-state index < -0.39 is 0 Å². The van der Waals surface area contributed by atoms with Crippen molar-refractivity contribution in [3.63, 3.8) is 0 Å². The van der Waals surface area contributed by atoms with E-state index in [0.717, 1.165) is 24.1 Å². The van der Waals surface area contributed by atoms with Crippen molar-refractivity contribution in [1.82, 2.24) is 9.97 Å². The topological polar surface area (TPSA) is 78.8 Å². The molecule has 1 aromatic heterocycles. The second kappa shape index (κ2) is 5.17. The van der Waals surface area contributed by atoms with E-state index in [1.54, 1.807) is 12.3 Å². The van der Waals surface area contributed by atoms with Crippen LogP contribution < -0.4 is 10.6 Å². The first-order valence-corrected chi connectivity index (χ1v) is 6.60. The van der Waals surface area contributed by atoms with Gasteiger partial charge in [-0.25, -0.2) is 9.97 Å². The van der Waals surface area contributed by atoms with E-state index in [9.17, 15) is 0 Å². The lowest BCUT2D eigenvalue weighted by Gasteiger charge is -2.22. The highest BCUT2D eigenvalue weighted by atomic mass is 15.3. The van der Waals surface area contributed by atoms with E-state index in [4.69, 9.17) is 11.0 Å². The maximum Gasteiger partial charge on any atom is 0.227 e. The summed E-state index contributed by atoms with van der Waals surface area (Å²) in [5.41, 5.74) is 8.10. The summed E-state index contributed by atoms with van der Waals surface area (Å²) in [4.78, 5) is 10.7. The Kier molecular flexibility index (Phi) is 3.21. The number of nitriles is 1. The van der Waals surface area contributed by atoms with Gasteiger partial charge in [-0.3, -0.25) is 0 Å². The Hall–Kier alpha value is -2.61. The largest absolute Gasteiger partial charge is 0.399 e. The highest BCUT2D eigenvalue weighted by Crippen LogP contribution is 2.31. The van der Waals surface area contributed by atoms with Gasteiger partial charge in [0.15, 0.2) is 0 Å². The lowest BCUT2D eigenvalue weighted by molar-refractivity contribution is 0.757. The van der Waals surface area contributed by atoms with Crippen LogP contribution >= 0.6 is 0 Å². The zero-order valence-electron chi connectivity index (χ0n) is 11.0. The molecule has 0 radical (unpaired) electrons. The van der Waals surface area contributed by atoms with Crippen molar-refractivity contribution in [3.8, 4) is 6.07 Å². The minimum Gasteiger partial charge on any atom is -0.399 e. The van der Waals surface area contributed by atoms with Gasteiger partial charge in [0.2, 0.25) is 5.95 Å². The van der Waals surface area contributed by atoms with Crippen molar-refractivity contribution in [1.29, 1.82) is 5.26 Å². The van der Waals surface area contributed by atoms with E-state index in [1.807, 2.05) is 24.3 Å². The highest BCUT2D eigenvalue weighted by molar-refractivity contribution is 5.44. The van der Waals surface area contributed by atoms with Crippen LogP contribution in [0.4, 0.5) is 11.6 Å². The van der Waals surface area contributed by atoms with Crippen LogP contribution in [0.1, 0.15) is 24.1 Å². The summed E-state index contributed by atoms with van der Waals surface area (Å²) in [6, 6.07) is 12.0. The first kappa shape index (κ1) is 12.4. The van der Waals surface area contributed by atoms with Crippen LogP contribution in [0.15, 0.2) is 36.5 Å². The van der Waals surface area contributed by atoms with Gasteiger partial charge in [-0.05, 0) is 36.6 Å². The van der Waals surface area contributed by atoms with Gasteiger partial charge in [-0.2, -0.15) is 5.26 Å². The Morgan fingerprint density at radius 2 is 2.20 bits per heavy atom. The summed E-state index contributed by atoms with van der Waals surface area (Å²) in [6.45, 7) is 0.713. The van der Waals surface area contributed by atoms with Gasteiger partial charge in [-0.1, -0.05) is 12.1 Å². The lowest BCUT2D eigenvalue weighted by Crippen LogP contribution is -2.27. The maximum atomic E-state index is 8.95. The van der Waals surface area contributed by atoms with Crippen molar-refractivity contribution in [3.05, 3.63) is 47.8 Å². The van der Waals surface area contributed by atoms with E-state index in [1.165, 1.54) is 0 Å². The molecular weight excluding hydrogens is 250 g/mol. The molecule has 5 heteroatoms. The Labute approximate surface area is 117 Å². The standard InChI is InChI=1S/C15H15N5/c16-9-13-6-7-18-15(19-13)20(14-4-5-14)10-11-2-1-3-12(17)8-11/h1-3,6-8,14H,4-5,10,17H2. The summed E-state index contributed by atoms with van der Waals surface area (Å²) in [5.74, 6) is 0.619. The fourth-order valence-corrected chi connectivity index (χ4v) is 2.19. The number of nitrogens with zero attached hydrogens (tertiary/aromatic N) is 4. The van der Waals surface area contributed by atoms with Crippen molar-refractivity contribution in [2.24, 2.45) is 0 Å². The van der Waals surface area contributed by atoms with Gasteiger partial charge < -0.3 is 10.6 Å². The Morgan fingerprint density at radius 1 is 1.35 bits per heavy atom. The molecule has 0 atom stereocenters. The molecular formula is C15H15N5. The zero-order chi connectivity index (χ0) is 13.9. The molecule has 5 nitrogen and oxygen atoms in total. The molecule has 20 heavy (non-hydrogen) atoms. The molecule has 2 aromatic rings. The second-order valence-corrected chi connectivity index (χ2v) is 4.96. The first-order valence-electron chi connectivity index (χ1n) is 6.60. The Bertz CT molecular complexity index is 657. The van der Waals surface area contributed by atoms with E-state index in [-0.39, 0.29) is 0 Å². The summed E-state index contributed by atoms with van der Waals surface area (Å²) in [5, 5.41) is 8.95. The van der Waals surface area contributed by atoms with Crippen molar-refractivity contribution < 1.29 is 0 Å². The van der Waals surface area contributed by atoms with E-state index in [2.05, 4.69) is 20.9 Å². The van der Waals surface area contributed by atoms with Crippen LogP contribution in [0.3, 0.4) is 0 Å². The number of aromatic nitrogens is 2. The lowest BCUT2D eigenvalue weighted by atomic mass is 10.2. The fourth-order valence-electron chi connectivity index (χ4n) is 2.19. The molecule has 3 rings (SSSR count). The summed E-state index contributed by atoms with van der Waals surface area (Å²) < 4.78 is 0. The maximum absolute atomic E-state index is 8.95. The predicted octanol–water partition coefficient (Wildman–Crippen LogP) is 2.10. The van der Waals surface area contributed by atoms with Crippen LogP contribution in [0.5, 0.6) is 0 Å². The molecule has 100 valence electrons. The number of benzene rings is 1. The molecule has 1 heterocycles. The molecule has 0 saturated heterocycles. The van der Waals surface area contributed by atoms with Gasteiger partial charge in [0.25, 0.3) is 0 Å². The van der Waals surface area contributed by atoms with E-state index >= 15 is 0 Å². The van der Waals surface area contributed by atoms with Gasteiger partial charge >= 0.3 is 0 Å². The van der Waals surface area contributed by atoms with Gasteiger partial charge in [0, 0.05) is 24.5 Å². The van der Waals surface area contributed by atoms with Crippen molar-refractivity contribution in [2.45, 2.75) is 25.4 Å². The third-order valence-corrected chi connectivity index (χ3v) is 3.31. The molecule has 0 aliphatic heterocycles. The third-order valence-electron chi connectivity index (χ3n) is 3.31. The van der Waals surface area contributed by atoms with Crippen LogP contribution in [0, 0.1) is 11.3 Å². The van der Waals surface area contributed by atoms with Gasteiger partial charge in [-0.15, -0.1) is 0 Å². The smallest absolute Gasteiger partial charge is 0.227 e. The van der Waals surface area contributed by atoms with Crippen LogP contribution in [0.25, 0.3) is 0 Å². The average molecular weight is 265 g/mol. The predicted molar refractivity (Wildman–Crippen MR) is 76.8 cm³/mol. The molecule has 1 aromatic carbocycles. The molecule has 1 aliphatic carbocycles. The number of hydrogen-bond acceptors (Lipinski definition) is 5. The minimum atomic E-state index is 0.397. The number of anilines is 2. The van der Waals surface area contributed by atoms with Crippen LogP contribution in [0.2, 0.25) is 0 Å². The zero-order valence-corrected chi connectivity index (χ0v) is 11.0. The number of hydrogen-bond donors (Lipinski definition) is 1. The summed E-state index contributed by atoms with van der Waals surface area (Å²) >= 11 is 0. The molecule has 0 unspecified atom stereocenters. The minimum absolute atomic E-state index is 0.397. The average Bonchev–Trinajstić information content (AvgIpc) is 3.29. The Balaban J connectivity index is 1.87. The normalized spacial score (nSPS) is 13.8. The van der Waals surface area contributed by atoms with Crippen LogP contribution in [-0.2, 0) is 6.54 Å². The SMILES string of the molecule is N#Cc1ccnc(N(Cc2cccc(N)c2)C2CC2)n1. The molecule has 1 saturated carbocycles. The molecule has 1 aliphatic rings. The molecule has 0 amide bonds. The summed E-state index contributed by atoms with van der Waals surface area (Å²) in [7, 11) is 0. The molecule has 0 spiro atoms. The second-order valence-electron chi connectivity index (χ2n) is 4.96. The number of rotatable bonds is 4. The quantitative estimate of drug-likeness (QED) is 0.856. The fraction of sp³-hybridized carbons (Fsp3) is 0.267. The van der Waals surface area contributed by atoms with Crippen LogP contribution in [-0.4, -0.2) is 16.0 Å². The molecule has 1 fully saturated rings. The van der Waals surface area contributed by atoms with E-state index in [0.29, 0.717) is 24.2 Å². The van der Waals surface area contributed by atoms with Crippen molar-refractivity contribution >= 4 is 11.6 Å². The number of nitrogen functional groups attached to an aromatic ring is 1. The third kappa shape index (κ3) is 2.69. The van der Waals surface area contributed by atoms with Gasteiger partial charge in [0.05, 0.1) is 0 Å². The van der Waals surface area contributed by atoms with Crippen molar-refractivity contribution in [2.75, 3.05) is 10.6 Å². The monoisotopic (exact) mass is 265 g/mol. The molecule has 2 N–H and O–H groups in total.